The first-order chi connectivity index (χ1) is 11.7. The maximum Gasteiger partial charge on any atom is 0.0589 e. The van der Waals surface area contributed by atoms with E-state index in [-0.39, 0.29) is 0 Å². The van der Waals surface area contributed by atoms with E-state index in [0.717, 1.165) is 26.3 Å². The van der Waals surface area contributed by atoms with Crippen molar-refractivity contribution in [3.8, 4) is 0 Å². The predicted octanol–water partition coefficient (Wildman–Crippen LogP) is 2.86. The molecule has 1 aromatic heterocycles. The van der Waals surface area contributed by atoms with Gasteiger partial charge in [0.05, 0.1) is 13.2 Å². The average molecular weight is 353 g/mol. The smallest absolute Gasteiger partial charge is 0.0589 e. The topological polar surface area (TPSA) is 24.9 Å². The molecule has 5 heteroatoms. The molecule has 0 amide bonds. The van der Waals surface area contributed by atoms with Gasteiger partial charge in [-0.2, -0.15) is 0 Å². The predicted molar refractivity (Wildman–Crippen MR) is 99.7 cm³/mol. The molecule has 2 saturated heterocycles. The highest BCUT2D eigenvalue weighted by molar-refractivity contribution is 7.10. The molecule has 2 fully saturated rings. The normalized spacial score (nSPS) is 24.9. The van der Waals surface area contributed by atoms with Crippen LogP contribution in [0.3, 0.4) is 0 Å². The minimum Gasteiger partial charge on any atom is -0.384 e. The molecule has 0 radical (unpaired) electrons. The fraction of sp³-hybridized carbons (Fsp3) is 0.789. The molecule has 0 aromatic carbocycles. The number of likely N-dealkylation sites (tertiary alicyclic amines) is 2. The van der Waals surface area contributed by atoms with E-state index in [1.807, 2.05) is 18.4 Å². The van der Waals surface area contributed by atoms with E-state index in [1.54, 1.807) is 7.11 Å². The number of nitrogens with zero attached hydrogens (tertiary/aromatic N) is 2. The van der Waals surface area contributed by atoms with Crippen molar-refractivity contribution < 1.29 is 9.47 Å². The molecular formula is C19H32N2O2S. The fourth-order valence-corrected chi connectivity index (χ4v) is 5.41. The minimum atomic E-state index is 0.449. The number of methoxy groups -OCH3 is 2. The van der Waals surface area contributed by atoms with Gasteiger partial charge in [0.25, 0.3) is 0 Å². The summed E-state index contributed by atoms with van der Waals surface area (Å²) in [7, 11) is 3.64. The van der Waals surface area contributed by atoms with E-state index in [4.69, 9.17) is 9.47 Å². The third-order valence-electron chi connectivity index (χ3n) is 6.05. The van der Waals surface area contributed by atoms with Crippen molar-refractivity contribution >= 4 is 11.3 Å². The molecule has 0 unspecified atom stereocenters. The molecule has 0 N–H and O–H groups in total. The van der Waals surface area contributed by atoms with Crippen LogP contribution >= 0.6 is 11.3 Å². The van der Waals surface area contributed by atoms with E-state index in [9.17, 15) is 0 Å². The summed E-state index contributed by atoms with van der Waals surface area (Å²) in [5, 5.41) is 2.22. The summed E-state index contributed by atoms with van der Waals surface area (Å²) in [6, 6.07) is 2.24. The lowest BCUT2D eigenvalue weighted by atomic mass is 9.71. The van der Waals surface area contributed by atoms with Crippen molar-refractivity contribution in [1.82, 2.24) is 9.80 Å². The SMILES string of the molecule is COCCN1C[C@H](COC)C2(CCN(Cc3sccc3C)CC2)C1. The van der Waals surface area contributed by atoms with Gasteiger partial charge in [0.15, 0.2) is 0 Å². The van der Waals surface area contributed by atoms with Crippen LogP contribution in [0.1, 0.15) is 23.3 Å². The van der Waals surface area contributed by atoms with Gasteiger partial charge in [-0.1, -0.05) is 0 Å². The zero-order valence-electron chi connectivity index (χ0n) is 15.4. The van der Waals surface area contributed by atoms with Gasteiger partial charge in [0.1, 0.15) is 0 Å². The van der Waals surface area contributed by atoms with Gasteiger partial charge >= 0.3 is 0 Å². The van der Waals surface area contributed by atoms with Crippen LogP contribution in [0, 0.1) is 18.3 Å². The second-order valence-corrected chi connectivity index (χ2v) is 8.55. The Morgan fingerprint density at radius 3 is 2.62 bits per heavy atom. The largest absolute Gasteiger partial charge is 0.384 e. The van der Waals surface area contributed by atoms with Gasteiger partial charge in [0.2, 0.25) is 0 Å². The first-order valence-corrected chi connectivity index (χ1v) is 10.0. The third kappa shape index (κ3) is 4.02. The third-order valence-corrected chi connectivity index (χ3v) is 7.06. The van der Waals surface area contributed by atoms with Crippen molar-refractivity contribution in [2.24, 2.45) is 11.3 Å². The van der Waals surface area contributed by atoms with Crippen molar-refractivity contribution in [1.29, 1.82) is 0 Å². The standard InChI is InChI=1S/C19H32N2O2S/c1-16-4-11-24-18(16)13-20-7-5-19(6-8-20)15-21(9-10-22-2)12-17(19)14-23-3/h4,11,17H,5-10,12-15H2,1-3H3/t17-/m1/s1. The highest BCUT2D eigenvalue weighted by Crippen LogP contribution is 2.45. The summed E-state index contributed by atoms with van der Waals surface area (Å²) in [6.45, 7) is 11.0. The molecule has 3 rings (SSSR count). The summed E-state index contributed by atoms with van der Waals surface area (Å²) in [5.74, 6) is 0.671. The number of ether oxygens (including phenoxy) is 2. The van der Waals surface area contributed by atoms with Gasteiger partial charge in [-0.3, -0.25) is 4.90 Å². The quantitative estimate of drug-likeness (QED) is 0.753. The molecule has 0 bridgehead atoms. The molecule has 2 aliphatic rings. The Morgan fingerprint density at radius 1 is 1.21 bits per heavy atom. The number of rotatable bonds is 7. The first kappa shape index (κ1) is 18.3. The van der Waals surface area contributed by atoms with Crippen LogP contribution in [0.4, 0.5) is 0 Å². The maximum absolute atomic E-state index is 5.56. The number of hydrogen-bond donors (Lipinski definition) is 0. The number of aryl methyl sites for hydroxylation is 1. The van der Waals surface area contributed by atoms with Crippen molar-refractivity contribution in [3.63, 3.8) is 0 Å². The molecular weight excluding hydrogens is 320 g/mol. The number of thiophene rings is 1. The molecule has 3 heterocycles. The van der Waals surface area contributed by atoms with Crippen molar-refractivity contribution in [2.75, 3.05) is 60.2 Å². The molecule has 1 atom stereocenters. The molecule has 136 valence electrons. The Morgan fingerprint density at radius 2 is 2.00 bits per heavy atom. The van der Waals surface area contributed by atoms with Gasteiger partial charge < -0.3 is 14.4 Å². The van der Waals surface area contributed by atoms with Crippen LogP contribution in [0.2, 0.25) is 0 Å². The average Bonchev–Trinajstić information content (AvgIpc) is 3.13. The Labute approximate surface area is 150 Å². The number of piperidine rings is 1. The lowest BCUT2D eigenvalue weighted by Gasteiger charge is -2.42. The molecule has 0 aliphatic carbocycles. The monoisotopic (exact) mass is 352 g/mol. The van der Waals surface area contributed by atoms with Crippen LogP contribution in [0.25, 0.3) is 0 Å². The van der Waals surface area contributed by atoms with E-state index >= 15 is 0 Å². The number of hydrogen-bond acceptors (Lipinski definition) is 5. The summed E-state index contributed by atoms with van der Waals surface area (Å²) in [6.07, 6.45) is 2.60. The Hall–Kier alpha value is -0.460. The maximum atomic E-state index is 5.56. The van der Waals surface area contributed by atoms with Gasteiger partial charge in [-0.15, -0.1) is 11.3 Å². The van der Waals surface area contributed by atoms with Crippen LogP contribution in [0.5, 0.6) is 0 Å². The van der Waals surface area contributed by atoms with Crippen molar-refractivity contribution in [3.05, 3.63) is 21.9 Å². The molecule has 4 nitrogen and oxygen atoms in total. The summed E-state index contributed by atoms with van der Waals surface area (Å²) < 4.78 is 10.8. The van der Waals surface area contributed by atoms with Crippen LogP contribution in [-0.2, 0) is 16.0 Å². The highest BCUT2D eigenvalue weighted by atomic mass is 32.1. The van der Waals surface area contributed by atoms with E-state index in [2.05, 4.69) is 28.2 Å². The minimum absolute atomic E-state index is 0.449. The van der Waals surface area contributed by atoms with Gasteiger partial charge in [-0.25, -0.2) is 0 Å². The molecule has 0 saturated carbocycles. The lowest BCUT2D eigenvalue weighted by molar-refractivity contribution is 0.0351. The molecule has 1 aromatic rings. The first-order valence-electron chi connectivity index (χ1n) is 9.12. The highest BCUT2D eigenvalue weighted by Gasteiger charge is 2.47. The molecule has 1 spiro atoms. The Kier molecular flexibility index (Phi) is 6.33. The Bertz CT molecular complexity index is 511. The summed E-state index contributed by atoms with van der Waals surface area (Å²) in [5.41, 5.74) is 1.90. The van der Waals surface area contributed by atoms with Crippen LogP contribution < -0.4 is 0 Å². The lowest BCUT2D eigenvalue weighted by Crippen LogP contribution is -2.45. The van der Waals surface area contributed by atoms with Gasteiger partial charge in [-0.05, 0) is 55.3 Å². The second-order valence-electron chi connectivity index (χ2n) is 7.55. The fourth-order valence-electron chi connectivity index (χ4n) is 4.46. The molecule has 2 aliphatic heterocycles. The van der Waals surface area contributed by atoms with E-state index in [1.165, 1.54) is 49.5 Å². The van der Waals surface area contributed by atoms with Crippen LogP contribution in [-0.4, -0.2) is 70.0 Å². The van der Waals surface area contributed by atoms with E-state index in [0.29, 0.717) is 11.3 Å². The Balaban J connectivity index is 1.58. The summed E-state index contributed by atoms with van der Waals surface area (Å²) >= 11 is 1.90. The van der Waals surface area contributed by atoms with Crippen molar-refractivity contribution in [2.45, 2.75) is 26.3 Å². The molecule has 24 heavy (non-hydrogen) atoms. The zero-order chi connectivity index (χ0) is 17.0. The second kappa shape index (κ2) is 8.28. The van der Waals surface area contributed by atoms with Gasteiger partial charge in [0, 0.05) is 51.2 Å². The van der Waals surface area contributed by atoms with E-state index < -0.39 is 0 Å². The summed E-state index contributed by atoms with van der Waals surface area (Å²) in [4.78, 5) is 6.77. The zero-order valence-corrected chi connectivity index (χ0v) is 16.2. The van der Waals surface area contributed by atoms with Crippen LogP contribution in [0.15, 0.2) is 11.4 Å².